The van der Waals surface area contributed by atoms with Crippen molar-refractivity contribution in [2.45, 2.75) is 52.8 Å². The van der Waals surface area contributed by atoms with Crippen molar-refractivity contribution >= 4 is 28.2 Å². The maximum absolute atomic E-state index is 12.4. The second-order valence-electron chi connectivity index (χ2n) is 8.43. The number of nitrogens with two attached hydrogens (primary N) is 1. The number of benzene rings is 2. The van der Waals surface area contributed by atoms with Crippen LogP contribution in [0, 0.1) is 0 Å². The lowest BCUT2D eigenvalue weighted by Crippen LogP contribution is -2.40. The fourth-order valence-corrected chi connectivity index (χ4v) is 4.16. The molecule has 0 saturated carbocycles. The molecule has 2 atom stereocenters. The molecular formula is C27H36N4O5. The standard InChI is InChI=1S/C27H36N4O5/c1-5-18-17(13-29-23(15-32)16(4)33)9-8-10-21(18)31-26-19-11-24(35-6-2)25(36-7-3)12-22(19)30-14-20(26)27(28)34/h8-12,14,16,23,29,32-33H,5-7,13,15H2,1-4H3,(H2,28,34)(H,30,31)/t16-,23-/m1/s1. The van der Waals surface area contributed by atoms with E-state index in [1.807, 2.05) is 45.0 Å². The molecule has 194 valence electrons. The molecule has 0 aliphatic carbocycles. The van der Waals surface area contributed by atoms with Crippen LogP contribution in [0.3, 0.4) is 0 Å². The fraction of sp³-hybridized carbons (Fsp3) is 0.407. The predicted molar refractivity (Wildman–Crippen MR) is 141 cm³/mol. The Morgan fingerprint density at radius 3 is 2.42 bits per heavy atom. The minimum absolute atomic E-state index is 0.173. The van der Waals surface area contributed by atoms with E-state index < -0.39 is 18.1 Å². The molecule has 1 heterocycles. The van der Waals surface area contributed by atoms with Crippen molar-refractivity contribution in [2.75, 3.05) is 25.1 Å². The summed E-state index contributed by atoms with van der Waals surface area (Å²) in [7, 11) is 0. The highest BCUT2D eigenvalue weighted by Gasteiger charge is 2.19. The summed E-state index contributed by atoms with van der Waals surface area (Å²) in [6.07, 6.45) is 1.49. The van der Waals surface area contributed by atoms with Crippen LogP contribution in [0.25, 0.3) is 10.9 Å². The van der Waals surface area contributed by atoms with Crippen LogP contribution in [0.1, 0.15) is 49.2 Å². The molecule has 0 spiro atoms. The number of fused-ring (bicyclic) bond motifs is 1. The zero-order valence-corrected chi connectivity index (χ0v) is 21.3. The summed E-state index contributed by atoms with van der Waals surface area (Å²) < 4.78 is 11.5. The average molecular weight is 497 g/mol. The average Bonchev–Trinajstić information content (AvgIpc) is 2.85. The van der Waals surface area contributed by atoms with Gasteiger partial charge in [0, 0.05) is 29.9 Å². The number of hydrogen-bond donors (Lipinski definition) is 5. The second kappa shape index (κ2) is 12.5. The smallest absolute Gasteiger partial charge is 0.252 e. The number of carbonyl (C=O) groups is 1. The number of aliphatic hydroxyl groups is 2. The van der Waals surface area contributed by atoms with Gasteiger partial charge in [-0.1, -0.05) is 19.1 Å². The Morgan fingerprint density at radius 1 is 1.14 bits per heavy atom. The summed E-state index contributed by atoms with van der Waals surface area (Å²) in [5, 5.41) is 26.7. The van der Waals surface area contributed by atoms with E-state index in [2.05, 4.69) is 15.6 Å². The summed E-state index contributed by atoms with van der Waals surface area (Å²) in [5.74, 6) is 0.536. The lowest BCUT2D eigenvalue weighted by Gasteiger charge is -2.22. The van der Waals surface area contributed by atoms with Gasteiger partial charge in [-0.15, -0.1) is 0 Å². The first kappa shape index (κ1) is 27.2. The number of pyridine rings is 1. The number of primary amides is 1. The topological polar surface area (TPSA) is 139 Å². The number of nitrogens with zero attached hydrogens (tertiary/aromatic N) is 1. The van der Waals surface area contributed by atoms with Crippen molar-refractivity contribution in [3.63, 3.8) is 0 Å². The first-order valence-corrected chi connectivity index (χ1v) is 12.3. The lowest BCUT2D eigenvalue weighted by atomic mass is 10.0. The van der Waals surface area contributed by atoms with Gasteiger partial charge in [-0.3, -0.25) is 9.78 Å². The molecule has 1 amide bonds. The summed E-state index contributed by atoms with van der Waals surface area (Å²) in [4.78, 5) is 16.8. The highest BCUT2D eigenvalue weighted by molar-refractivity contribution is 6.08. The molecule has 2 aromatic carbocycles. The lowest BCUT2D eigenvalue weighted by molar-refractivity contribution is 0.0999. The Kier molecular flexibility index (Phi) is 9.46. The monoisotopic (exact) mass is 496 g/mol. The van der Waals surface area contributed by atoms with Crippen LogP contribution in [0.5, 0.6) is 11.5 Å². The van der Waals surface area contributed by atoms with Crippen molar-refractivity contribution in [1.29, 1.82) is 0 Å². The number of aromatic nitrogens is 1. The first-order chi connectivity index (χ1) is 17.3. The Balaban J connectivity index is 2.10. The molecule has 0 aliphatic rings. The van der Waals surface area contributed by atoms with E-state index in [0.717, 1.165) is 16.8 Å². The van der Waals surface area contributed by atoms with Crippen molar-refractivity contribution in [2.24, 2.45) is 5.73 Å². The number of hydrogen-bond acceptors (Lipinski definition) is 8. The minimum Gasteiger partial charge on any atom is -0.490 e. The maximum Gasteiger partial charge on any atom is 0.252 e. The first-order valence-electron chi connectivity index (χ1n) is 12.3. The van der Waals surface area contributed by atoms with Gasteiger partial charge in [-0.25, -0.2) is 0 Å². The van der Waals surface area contributed by atoms with Gasteiger partial charge in [0.2, 0.25) is 0 Å². The van der Waals surface area contributed by atoms with E-state index in [1.54, 1.807) is 13.0 Å². The molecule has 0 fully saturated rings. The molecule has 3 aromatic rings. The van der Waals surface area contributed by atoms with Crippen molar-refractivity contribution in [1.82, 2.24) is 10.3 Å². The van der Waals surface area contributed by atoms with Gasteiger partial charge in [0.1, 0.15) is 0 Å². The van der Waals surface area contributed by atoms with Crippen molar-refractivity contribution < 1.29 is 24.5 Å². The SMILES string of the molecule is CCOc1cc2ncc(C(N)=O)c(Nc3cccc(CN[C@H](CO)[C@@H](C)O)c3CC)c2cc1OCC. The summed E-state index contributed by atoms with van der Waals surface area (Å²) in [6.45, 7) is 8.69. The third-order valence-corrected chi connectivity index (χ3v) is 6.02. The van der Waals surface area contributed by atoms with E-state index in [0.29, 0.717) is 54.3 Å². The fourth-order valence-electron chi connectivity index (χ4n) is 4.16. The number of rotatable bonds is 13. The van der Waals surface area contributed by atoms with Gasteiger partial charge >= 0.3 is 0 Å². The molecule has 0 saturated heterocycles. The largest absolute Gasteiger partial charge is 0.490 e. The van der Waals surface area contributed by atoms with E-state index in [-0.39, 0.29) is 12.2 Å². The van der Waals surface area contributed by atoms with Crippen LogP contribution in [-0.4, -0.2) is 53.1 Å². The Hall–Kier alpha value is -3.40. The van der Waals surface area contributed by atoms with Gasteiger partial charge in [0.05, 0.1) is 48.7 Å². The summed E-state index contributed by atoms with van der Waals surface area (Å²) in [5.41, 5.74) is 10.0. The summed E-state index contributed by atoms with van der Waals surface area (Å²) >= 11 is 0. The number of amides is 1. The van der Waals surface area contributed by atoms with Crippen LogP contribution >= 0.6 is 0 Å². The maximum atomic E-state index is 12.4. The van der Waals surface area contributed by atoms with Gasteiger partial charge in [0.15, 0.2) is 11.5 Å². The number of ether oxygens (including phenoxy) is 2. The highest BCUT2D eigenvalue weighted by Crippen LogP contribution is 2.38. The molecule has 9 nitrogen and oxygen atoms in total. The minimum atomic E-state index is -0.691. The zero-order chi connectivity index (χ0) is 26.2. The molecule has 36 heavy (non-hydrogen) atoms. The number of carbonyl (C=O) groups excluding carboxylic acids is 1. The number of nitrogens with one attached hydrogen (secondary N) is 2. The third-order valence-electron chi connectivity index (χ3n) is 6.02. The molecule has 0 bridgehead atoms. The van der Waals surface area contributed by atoms with E-state index in [9.17, 15) is 15.0 Å². The van der Waals surface area contributed by atoms with Gasteiger partial charge < -0.3 is 36.1 Å². The molecule has 9 heteroatoms. The van der Waals surface area contributed by atoms with Crippen LogP contribution in [0.15, 0.2) is 36.5 Å². The van der Waals surface area contributed by atoms with Gasteiger partial charge in [-0.05, 0) is 50.5 Å². The predicted octanol–water partition coefficient (Wildman–Crippen LogP) is 3.27. The van der Waals surface area contributed by atoms with Crippen molar-refractivity contribution in [3.8, 4) is 11.5 Å². The van der Waals surface area contributed by atoms with E-state index in [4.69, 9.17) is 15.2 Å². The molecule has 0 aliphatic heterocycles. The van der Waals surface area contributed by atoms with Gasteiger partial charge in [0.25, 0.3) is 5.91 Å². The molecule has 1 aromatic heterocycles. The Labute approximate surface area is 211 Å². The molecule has 0 unspecified atom stereocenters. The van der Waals surface area contributed by atoms with Crippen molar-refractivity contribution in [3.05, 3.63) is 53.2 Å². The van der Waals surface area contributed by atoms with Gasteiger partial charge in [-0.2, -0.15) is 0 Å². The summed E-state index contributed by atoms with van der Waals surface area (Å²) in [6, 6.07) is 9.03. The Morgan fingerprint density at radius 2 is 1.83 bits per heavy atom. The van der Waals surface area contributed by atoms with Crippen LogP contribution in [0.2, 0.25) is 0 Å². The zero-order valence-electron chi connectivity index (χ0n) is 21.3. The quantitative estimate of drug-likeness (QED) is 0.243. The molecule has 3 rings (SSSR count). The van der Waals surface area contributed by atoms with E-state index >= 15 is 0 Å². The third kappa shape index (κ3) is 6.04. The number of aliphatic hydroxyl groups excluding tert-OH is 2. The normalized spacial score (nSPS) is 12.8. The number of anilines is 2. The van der Waals surface area contributed by atoms with Crippen LogP contribution in [-0.2, 0) is 13.0 Å². The Bertz CT molecular complexity index is 1200. The highest BCUT2D eigenvalue weighted by atomic mass is 16.5. The van der Waals surface area contributed by atoms with Crippen LogP contribution in [0.4, 0.5) is 11.4 Å². The molecule has 0 radical (unpaired) electrons. The van der Waals surface area contributed by atoms with Crippen LogP contribution < -0.4 is 25.8 Å². The second-order valence-corrected chi connectivity index (χ2v) is 8.43. The molecular weight excluding hydrogens is 460 g/mol. The van der Waals surface area contributed by atoms with E-state index in [1.165, 1.54) is 6.20 Å². The molecule has 6 N–H and O–H groups in total.